The number of aromatic nitrogens is 4. The van der Waals surface area contributed by atoms with Crippen LogP contribution < -0.4 is 11.1 Å². The van der Waals surface area contributed by atoms with Gasteiger partial charge in [-0.15, -0.1) is 0 Å². The molecule has 3 N–H and O–H groups in total. The van der Waals surface area contributed by atoms with Gasteiger partial charge in [-0.2, -0.15) is 5.10 Å². The third kappa shape index (κ3) is 9.11. The first-order chi connectivity index (χ1) is 26.4. The molecule has 3 aliphatic heterocycles. The molecule has 5 heterocycles. The topological polar surface area (TPSA) is 161 Å². The number of benzene rings is 2. The number of anilines is 2. The number of carbonyl (C=O) groups is 3. The lowest BCUT2D eigenvalue weighted by Gasteiger charge is -2.36. The lowest BCUT2D eigenvalue weighted by atomic mass is 10.0. The monoisotopic (exact) mass is 753 g/mol. The molecule has 14 nitrogen and oxygen atoms in total. The summed E-state index contributed by atoms with van der Waals surface area (Å²) in [5.74, 6) is -2.14. The Bertz CT molecular complexity index is 1980. The Morgan fingerprint density at radius 2 is 1.71 bits per heavy atom. The first-order valence-corrected chi connectivity index (χ1v) is 18.9. The summed E-state index contributed by atoms with van der Waals surface area (Å²) in [5, 5.41) is 7.30. The number of hydrogen-bond acceptors (Lipinski definition) is 11. The Balaban J connectivity index is 0.911. The molecule has 4 aromatic rings. The van der Waals surface area contributed by atoms with Crippen LogP contribution in [0.3, 0.4) is 0 Å². The maximum Gasteiger partial charge on any atom is 0.410 e. The van der Waals surface area contributed by atoms with Crippen LogP contribution in [0.5, 0.6) is 0 Å². The summed E-state index contributed by atoms with van der Waals surface area (Å²) < 4.78 is 26.7. The lowest BCUT2D eigenvalue weighted by molar-refractivity contribution is -0.125. The second-order valence-electron chi connectivity index (χ2n) is 15.5. The van der Waals surface area contributed by atoms with E-state index in [2.05, 4.69) is 30.2 Å². The first-order valence-electron chi connectivity index (χ1n) is 18.9. The predicted molar refractivity (Wildman–Crippen MR) is 203 cm³/mol. The number of rotatable bonds is 11. The molecule has 2 aromatic carbocycles. The number of hydrogen-bond donors (Lipinski definition) is 2. The summed E-state index contributed by atoms with van der Waals surface area (Å²) >= 11 is 0. The highest BCUT2D eigenvalue weighted by atomic mass is 19.1. The zero-order valence-electron chi connectivity index (χ0n) is 31.4. The number of esters is 1. The summed E-state index contributed by atoms with van der Waals surface area (Å²) in [4.78, 5) is 55.1. The highest BCUT2D eigenvalue weighted by molar-refractivity contribution is 5.99. The van der Waals surface area contributed by atoms with Crippen molar-refractivity contribution < 1.29 is 28.2 Å². The smallest absolute Gasteiger partial charge is 0.410 e. The van der Waals surface area contributed by atoms with E-state index in [4.69, 9.17) is 15.2 Å². The van der Waals surface area contributed by atoms with E-state index in [1.807, 2.05) is 36.5 Å². The molecule has 2 amide bonds. The third-order valence-corrected chi connectivity index (χ3v) is 10.4. The highest BCUT2D eigenvalue weighted by Crippen LogP contribution is 2.32. The molecule has 2 aromatic heterocycles. The van der Waals surface area contributed by atoms with E-state index >= 15 is 0 Å². The predicted octanol–water partition coefficient (Wildman–Crippen LogP) is 5.32. The van der Waals surface area contributed by atoms with E-state index in [-0.39, 0.29) is 29.7 Å². The van der Waals surface area contributed by atoms with Crippen molar-refractivity contribution in [3.63, 3.8) is 0 Å². The Kier molecular flexibility index (Phi) is 11.1. The number of carbonyl (C=O) groups excluding carboxylic acids is 3. The molecule has 290 valence electrons. The number of piperazine rings is 1. The quantitative estimate of drug-likeness (QED) is 0.191. The van der Waals surface area contributed by atoms with Gasteiger partial charge in [-0.05, 0) is 83.8 Å². The second-order valence-corrected chi connectivity index (χ2v) is 15.5. The molecule has 3 aliphatic rings. The standard InChI is InChI=1S/C40H48FN9O5/c1-40(2,3)55-39(53)49-25-31-20-32(49)24-48(31)17-7-16-47-18-14-30(15-19-47)50-23-27(21-44-50)33-22-43-36(42)34(46-33)38(52)54-35(26-8-5-4-6-9-26)37(51)45-29-12-10-28(41)11-13-29/h4-6,8-13,21-23,30-32,35H,7,14-20,24-25H2,1-3H3,(H2,42,43)(H,45,51)/t31?,32?,35-/m1/s1. The normalized spacial score (nSPS) is 19.7. The number of likely N-dealkylation sites (tertiary alicyclic amines) is 3. The molecule has 3 fully saturated rings. The van der Waals surface area contributed by atoms with Crippen molar-refractivity contribution >= 4 is 29.5 Å². The lowest BCUT2D eigenvalue weighted by Crippen LogP contribution is -2.50. The zero-order chi connectivity index (χ0) is 38.7. The molecule has 2 bridgehead atoms. The number of nitrogen functional groups attached to an aromatic ring is 1. The Hall–Kier alpha value is -5.41. The summed E-state index contributed by atoms with van der Waals surface area (Å²) in [5.41, 5.74) is 7.22. The van der Waals surface area contributed by atoms with Crippen LogP contribution >= 0.6 is 0 Å². The minimum atomic E-state index is -1.34. The molecule has 7 rings (SSSR count). The van der Waals surface area contributed by atoms with Gasteiger partial charge in [-0.1, -0.05) is 30.3 Å². The number of halogens is 1. The molecule has 55 heavy (non-hydrogen) atoms. The van der Waals surface area contributed by atoms with Gasteiger partial charge in [-0.3, -0.25) is 14.4 Å². The molecular weight excluding hydrogens is 705 g/mol. The number of piperidine rings is 1. The number of ether oxygens (including phenoxy) is 2. The molecule has 3 saturated heterocycles. The molecule has 2 unspecified atom stereocenters. The van der Waals surface area contributed by atoms with Crippen molar-refractivity contribution in [3.8, 4) is 11.3 Å². The summed E-state index contributed by atoms with van der Waals surface area (Å²) in [7, 11) is 0. The van der Waals surface area contributed by atoms with E-state index in [0.717, 1.165) is 65.0 Å². The molecule has 15 heteroatoms. The highest BCUT2D eigenvalue weighted by Gasteiger charge is 2.46. The fourth-order valence-electron chi connectivity index (χ4n) is 7.63. The van der Waals surface area contributed by atoms with Crippen LogP contribution in [0.4, 0.5) is 20.7 Å². The van der Waals surface area contributed by atoms with Crippen LogP contribution in [0.25, 0.3) is 11.3 Å². The number of fused-ring (bicyclic) bond motifs is 2. The van der Waals surface area contributed by atoms with Gasteiger partial charge in [0.15, 0.2) is 11.5 Å². The average molecular weight is 754 g/mol. The number of nitrogens with two attached hydrogens (primary N) is 1. The van der Waals surface area contributed by atoms with Crippen molar-refractivity contribution in [2.75, 3.05) is 50.3 Å². The molecule has 3 atom stereocenters. The number of nitrogens with one attached hydrogen (secondary N) is 1. The van der Waals surface area contributed by atoms with Crippen LogP contribution in [-0.2, 0) is 14.3 Å². The van der Waals surface area contributed by atoms with Crippen LogP contribution in [0.2, 0.25) is 0 Å². The van der Waals surface area contributed by atoms with Crippen molar-refractivity contribution in [3.05, 3.63) is 90.3 Å². The van der Waals surface area contributed by atoms with Crippen molar-refractivity contribution in [1.29, 1.82) is 0 Å². The van der Waals surface area contributed by atoms with E-state index in [0.29, 0.717) is 28.6 Å². The van der Waals surface area contributed by atoms with Gasteiger partial charge >= 0.3 is 12.1 Å². The summed E-state index contributed by atoms with van der Waals surface area (Å²) in [6.45, 7) is 11.4. The van der Waals surface area contributed by atoms with Crippen molar-refractivity contribution in [2.45, 2.75) is 76.3 Å². The van der Waals surface area contributed by atoms with Gasteiger partial charge in [0.2, 0.25) is 6.10 Å². The molecule has 0 radical (unpaired) electrons. The largest absolute Gasteiger partial charge is 0.444 e. The van der Waals surface area contributed by atoms with E-state index < -0.39 is 29.4 Å². The van der Waals surface area contributed by atoms with Crippen LogP contribution in [0, 0.1) is 5.82 Å². The minimum Gasteiger partial charge on any atom is -0.444 e. The Morgan fingerprint density at radius 3 is 2.40 bits per heavy atom. The van der Waals surface area contributed by atoms with Gasteiger partial charge in [0.05, 0.1) is 24.1 Å². The summed E-state index contributed by atoms with van der Waals surface area (Å²) in [6.07, 6.45) is 7.55. The van der Waals surface area contributed by atoms with Gasteiger partial charge in [0.25, 0.3) is 5.91 Å². The Labute approximate surface area is 319 Å². The minimum absolute atomic E-state index is 0.140. The molecule has 0 saturated carbocycles. The van der Waals surface area contributed by atoms with Gasteiger partial charge < -0.3 is 30.3 Å². The van der Waals surface area contributed by atoms with E-state index in [9.17, 15) is 18.8 Å². The first kappa shape index (κ1) is 37.9. The second kappa shape index (κ2) is 16.1. The van der Waals surface area contributed by atoms with Crippen molar-refractivity contribution in [2.24, 2.45) is 0 Å². The zero-order valence-corrected chi connectivity index (χ0v) is 31.4. The van der Waals surface area contributed by atoms with E-state index in [1.165, 1.54) is 30.5 Å². The van der Waals surface area contributed by atoms with Crippen molar-refractivity contribution in [1.82, 2.24) is 34.4 Å². The fraction of sp³-hybridized carbons (Fsp3) is 0.450. The van der Waals surface area contributed by atoms with Crippen LogP contribution in [0.15, 0.2) is 73.2 Å². The summed E-state index contributed by atoms with van der Waals surface area (Å²) in [6, 6.07) is 14.7. The van der Waals surface area contributed by atoms with Crippen LogP contribution in [0.1, 0.15) is 74.7 Å². The maximum absolute atomic E-state index is 13.5. The Morgan fingerprint density at radius 1 is 0.964 bits per heavy atom. The fourth-order valence-corrected chi connectivity index (χ4v) is 7.63. The maximum atomic E-state index is 13.5. The van der Waals surface area contributed by atoms with Gasteiger partial charge in [0.1, 0.15) is 11.4 Å². The van der Waals surface area contributed by atoms with E-state index in [1.54, 1.807) is 36.5 Å². The molecule has 0 spiro atoms. The van der Waals surface area contributed by atoms with Gasteiger partial charge in [-0.25, -0.2) is 23.9 Å². The number of nitrogens with zero attached hydrogens (tertiary/aromatic N) is 7. The molecule has 0 aliphatic carbocycles. The average Bonchev–Trinajstić information content (AvgIpc) is 3.92. The third-order valence-electron chi connectivity index (χ3n) is 10.4. The number of amides is 2. The van der Waals surface area contributed by atoms with Crippen LogP contribution in [-0.4, -0.2) is 109 Å². The molecular formula is C40H48FN9O5. The van der Waals surface area contributed by atoms with Gasteiger partial charge in [0, 0.05) is 61.3 Å². The SMILES string of the molecule is CC(C)(C)OC(=O)N1CC2CC1CN2CCCN1CCC(n2cc(-c3cnc(N)c(C(=O)O[C@@H](C(=O)Nc4ccc(F)cc4)c4ccccc4)n3)cn2)CC1.